The van der Waals surface area contributed by atoms with E-state index >= 15 is 0 Å². The highest BCUT2D eigenvalue weighted by atomic mass is 32.2. The van der Waals surface area contributed by atoms with Crippen molar-refractivity contribution < 1.29 is 36.3 Å². The smallest absolute Gasteiger partial charge is 0.394 e. The summed E-state index contributed by atoms with van der Waals surface area (Å²) in [7, 11) is -3.71. The average molecular weight is 380 g/mol. The minimum Gasteiger partial charge on any atom is -0.481 e. The molecule has 1 fully saturated rings. The third kappa shape index (κ3) is 4.41. The van der Waals surface area contributed by atoms with E-state index in [4.69, 9.17) is 5.11 Å². The molecule has 0 bridgehead atoms. The molecule has 0 aromatic heterocycles. The molecular weight excluding hydrogens is 365 g/mol. The zero-order valence-corrected chi connectivity index (χ0v) is 13.8. The van der Waals surface area contributed by atoms with Gasteiger partial charge in [0, 0.05) is 13.1 Å². The Kier molecular flexibility index (Phi) is 4.98. The van der Waals surface area contributed by atoms with Gasteiger partial charge in [0.2, 0.25) is 10.0 Å². The second-order valence-corrected chi connectivity index (χ2v) is 7.47. The topological polar surface area (TPSA) is 104 Å². The fraction of sp³-hybridized carbons (Fsp3) is 0.429. The summed E-state index contributed by atoms with van der Waals surface area (Å²) in [6.07, 6.45) is -3.90. The predicted molar refractivity (Wildman–Crippen MR) is 81.5 cm³/mol. The number of nitrogens with zero attached hydrogens (tertiary/aromatic N) is 1. The number of carbonyl (C=O) groups is 2. The number of nitrogens with one attached hydrogen (secondary N) is 1. The molecule has 1 aromatic carbocycles. The second kappa shape index (κ2) is 6.54. The first kappa shape index (κ1) is 19.0. The lowest BCUT2D eigenvalue weighted by atomic mass is 9.96. The fourth-order valence-electron chi connectivity index (χ4n) is 2.68. The predicted octanol–water partition coefficient (Wildman–Crippen LogP) is 1.39. The molecule has 138 valence electrons. The van der Waals surface area contributed by atoms with Crippen molar-refractivity contribution in [3.63, 3.8) is 0 Å². The van der Waals surface area contributed by atoms with Crippen molar-refractivity contribution in [2.45, 2.75) is 6.18 Å². The summed E-state index contributed by atoms with van der Waals surface area (Å²) in [5.74, 6) is -6.45. The zero-order valence-electron chi connectivity index (χ0n) is 12.9. The first-order valence-corrected chi connectivity index (χ1v) is 8.95. The number of carboxylic acid groups (broad SMARTS) is 1. The molecule has 1 amide bonds. The molecule has 1 aliphatic rings. The monoisotopic (exact) mass is 380 g/mol. The van der Waals surface area contributed by atoms with Crippen LogP contribution >= 0.6 is 0 Å². The molecule has 0 radical (unpaired) electrons. The number of carbonyl (C=O) groups excluding carboxylic acids is 1. The van der Waals surface area contributed by atoms with E-state index in [1.54, 1.807) is 0 Å². The molecular formula is C14H15F3N2O5S. The molecule has 1 saturated heterocycles. The van der Waals surface area contributed by atoms with Crippen LogP contribution < -0.4 is 4.72 Å². The third-order valence-corrected chi connectivity index (χ3v) is 4.39. The number of rotatable bonds is 4. The van der Waals surface area contributed by atoms with Crippen LogP contribution in [0.4, 0.5) is 18.9 Å². The van der Waals surface area contributed by atoms with Gasteiger partial charge in [-0.15, -0.1) is 0 Å². The van der Waals surface area contributed by atoms with Crippen LogP contribution in [-0.2, 0) is 14.8 Å². The number of likely N-dealkylation sites (tertiary alicyclic amines) is 1. The molecule has 2 atom stereocenters. The normalized spacial score (nSPS) is 21.2. The number of benzene rings is 1. The van der Waals surface area contributed by atoms with E-state index in [1.807, 2.05) is 0 Å². The third-order valence-electron chi connectivity index (χ3n) is 3.80. The first-order chi connectivity index (χ1) is 11.4. The Hall–Kier alpha value is -2.30. The van der Waals surface area contributed by atoms with E-state index in [9.17, 15) is 31.2 Å². The average Bonchev–Trinajstić information content (AvgIpc) is 2.91. The molecule has 0 saturated carbocycles. The number of aliphatic carboxylic acids is 1. The van der Waals surface area contributed by atoms with E-state index in [-0.39, 0.29) is 11.3 Å². The summed E-state index contributed by atoms with van der Waals surface area (Å²) in [5.41, 5.74) is -0.239. The highest BCUT2D eigenvalue weighted by molar-refractivity contribution is 7.92. The van der Waals surface area contributed by atoms with Crippen molar-refractivity contribution in [3.8, 4) is 0 Å². The maximum atomic E-state index is 13.0. The standard InChI is InChI=1S/C14H15F3N2O5S/c1-25(23,24)18-11-5-3-2-4-8(11)12(20)19-6-9(13(21)22)10(7-19)14(15,16)17/h2-5,9-10,18H,6-7H2,1H3,(H,21,22)/t9-,10-/m1/s1. The maximum Gasteiger partial charge on any atom is 0.394 e. The highest BCUT2D eigenvalue weighted by Crippen LogP contribution is 2.38. The molecule has 11 heteroatoms. The Morgan fingerprint density at radius 3 is 2.32 bits per heavy atom. The number of amides is 1. The largest absolute Gasteiger partial charge is 0.481 e. The van der Waals surface area contributed by atoms with Gasteiger partial charge in [0.1, 0.15) is 0 Å². The number of hydrogen-bond acceptors (Lipinski definition) is 4. The van der Waals surface area contributed by atoms with Crippen molar-refractivity contribution in [1.29, 1.82) is 0 Å². The van der Waals surface area contributed by atoms with Gasteiger partial charge in [0.05, 0.1) is 29.3 Å². The van der Waals surface area contributed by atoms with E-state index in [2.05, 4.69) is 4.72 Å². The van der Waals surface area contributed by atoms with E-state index < -0.39 is 53.0 Å². The number of anilines is 1. The number of sulfonamides is 1. The lowest BCUT2D eigenvalue weighted by Crippen LogP contribution is -2.34. The van der Waals surface area contributed by atoms with Crippen LogP contribution in [0.15, 0.2) is 24.3 Å². The van der Waals surface area contributed by atoms with Crippen LogP contribution in [0.3, 0.4) is 0 Å². The second-order valence-electron chi connectivity index (χ2n) is 5.72. The number of halogens is 3. The summed E-state index contributed by atoms with van der Waals surface area (Å²) >= 11 is 0. The molecule has 1 heterocycles. The van der Waals surface area contributed by atoms with Crippen molar-refractivity contribution in [3.05, 3.63) is 29.8 Å². The molecule has 2 N–H and O–H groups in total. The first-order valence-electron chi connectivity index (χ1n) is 7.06. The number of para-hydroxylation sites is 1. The Bertz CT molecular complexity index is 794. The van der Waals surface area contributed by atoms with Crippen LogP contribution in [0.5, 0.6) is 0 Å². The summed E-state index contributed by atoms with van der Waals surface area (Å²) in [6, 6.07) is 5.42. The molecule has 0 spiro atoms. The number of carboxylic acids is 1. The Labute approximate surface area is 141 Å². The van der Waals surface area contributed by atoms with E-state index in [0.29, 0.717) is 0 Å². The van der Waals surface area contributed by atoms with Crippen molar-refractivity contribution in [2.24, 2.45) is 11.8 Å². The van der Waals surface area contributed by atoms with Gasteiger partial charge in [-0.25, -0.2) is 8.42 Å². The molecule has 1 aromatic rings. The summed E-state index contributed by atoms with van der Waals surface area (Å²) in [4.78, 5) is 24.4. The summed E-state index contributed by atoms with van der Waals surface area (Å²) in [6.45, 7) is -1.40. The lowest BCUT2D eigenvalue weighted by molar-refractivity contribution is -0.187. The molecule has 7 nitrogen and oxygen atoms in total. The van der Waals surface area contributed by atoms with Gasteiger partial charge in [-0.05, 0) is 12.1 Å². The van der Waals surface area contributed by atoms with Gasteiger partial charge < -0.3 is 10.0 Å². The van der Waals surface area contributed by atoms with Gasteiger partial charge in [0.15, 0.2) is 0 Å². The van der Waals surface area contributed by atoms with E-state index in [1.165, 1.54) is 24.3 Å². The van der Waals surface area contributed by atoms with Crippen LogP contribution in [-0.4, -0.2) is 55.8 Å². The molecule has 0 aliphatic carbocycles. The number of hydrogen-bond donors (Lipinski definition) is 2. The zero-order chi connectivity index (χ0) is 19.0. The van der Waals surface area contributed by atoms with Crippen LogP contribution in [0.2, 0.25) is 0 Å². The van der Waals surface area contributed by atoms with Gasteiger partial charge in [-0.1, -0.05) is 12.1 Å². The van der Waals surface area contributed by atoms with Crippen molar-refractivity contribution >= 4 is 27.6 Å². The Morgan fingerprint density at radius 1 is 1.24 bits per heavy atom. The van der Waals surface area contributed by atoms with Crippen LogP contribution in [0.25, 0.3) is 0 Å². The maximum absolute atomic E-state index is 13.0. The summed E-state index contributed by atoms with van der Waals surface area (Å²) < 4.78 is 63.9. The van der Waals surface area contributed by atoms with Gasteiger partial charge in [0.25, 0.3) is 5.91 Å². The minimum atomic E-state index is -4.76. The quantitative estimate of drug-likeness (QED) is 0.822. The van der Waals surface area contributed by atoms with Gasteiger partial charge in [-0.3, -0.25) is 14.3 Å². The SMILES string of the molecule is CS(=O)(=O)Nc1ccccc1C(=O)N1C[C@@H](C(F)(F)F)[C@H](C(=O)O)C1. The molecule has 1 aliphatic heterocycles. The highest BCUT2D eigenvalue weighted by Gasteiger charge is 2.53. The fourth-order valence-corrected chi connectivity index (χ4v) is 3.26. The van der Waals surface area contributed by atoms with Crippen molar-refractivity contribution in [1.82, 2.24) is 4.90 Å². The van der Waals surface area contributed by atoms with Gasteiger partial charge in [-0.2, -0.15) is 13.2 Å². The van der Waals surface area contributed by atoms with Crippen LogP contribution in [0, 0.1) is 11.8 Å². The Morgan fingerprint density at radius 2 is 1.84 bits per heavy atom. The number of alkyl halides is 3. The molecule has 0 unspecified atom stereocenters. The molecule has 25 heavy (non-hydrogen) atoms. The van der Waals surface area contributed by atoms with Gasteiger partial charge >= 0.3 is 12.1 Å². The van der Waals surface area contributed by atoms with Crippen molar-refractivity contribution in [2.75, 3.05) is 24.1 Å². The van der Waals surface area contributed by atoms with E-state index in [0.717, 1.165) is 11.2 Å². The molecule has 2 rings (SSSR count). The summed E-state index contributed by atoms with van der Waals surface area (Å²) in [5, 5.41) is 8.99. The lowest BCUT2D eigenvalue weighted by Gasteiger charge is -2.19. The van der Waals surface area contributed by atoms with Crippen LogP contribution in [0.1, 0.15) is 10.4 Å². The Balaban J connectivity index is 2.32. The minimum absolute atomic E-state index is 0.0858.